The Morgan fingerprint density at radius 2 is 0.974 bits per heavy atom. The van der Waals surface area contributed by atoms with Crippen molar-refractivity contribution in [2.45, 2.75) is 5.41 Å². The van der Waals surface area contributed by atoms with E-state index in [1.54, 1.807) is 0 Å². The Balaban J connectivity index is 1.60. The summed E-state index contributed by atoms with van der Waals surface area (Å²) in [5, 5.41) is 0.742. The van der Waals surface area contributed by atoms with Gasteiger partial charge < -0.3 is 0 Å². The second-order valence-electron chi connectivity index (χ2n) is 9.84. The third kappa shape index (κ3) is 3.45. The molecule has 7 rings (SSSR count). The predicted octanol–water partition coefficient (Wildman–Crippen LogP) is 10.0. The summed E-state index contributed by atoms with van der Waals surface area (Å²) in [5.41, 5.74) is 12.1. The predicted molar refractivity (Wildman–Crippen MR) is 160 cm³/mol. The van der Waals surface area contributed by atoms with E-state index in [1.165, 1.54) is 55.6 Å². The maximum Gasteiger partial charge on any atom is 0.0714 e. The summed E-state index contributed by atoms with van der Waals surface area (Å²) < 4.78 is 0. The summed E-state index contributed by atoms with van der Waals surface area (Å²) in [4.78, 5) is 0. The van der Waals surface area contributed by atoms with Crippen LogP contribution in [0, 0.1) is 0 Å². The van der Waals surface area contributed by atoms with Gasteiger partial charge in [0.1, 0.15) is 0 Å². The molecule has 0 saturated carbocycles. The highest BCUT2D eigenvalue weighted by Crippen LogP contribution is 2.58. The number of halogens is 1. The third-order valence-corrected chi connectivity index (χ3v) is 8.09. The summed E-state index contributed by atoms with van der Waals surface area (Å²) in [5.74, 6) is 0. The van der Waals surface area contributed by atoms with E-state index in [9.17, 15) is 0 Å². The number of rotatable bonds is 4. The van der Waals surface area contributed by atoms with Crippen LogP contribution in [-0.2, 0) is 5.41 Å². The largest absolute Gasteiger partial charge is 0.0843 e. The average molecular weight is 505 g/mol. The molecule has 0 spiro atoms. The van der Waals surface area contributed by atoms with Gasteiger partial charge in [-0.15, -0.1) is 0 Å². The Morgan fingerprint density at radius 1 is 0.395 bits per heavy atom. The first-order valence-electron chi connectivity index (χ1n) is 13.0. The molecule has 0 fully saturated rings. The second-order valence-corrected chi connectivity index (χ2v) is 10.3. The Bertz CT molecular complexity index is 1750. The highest BCUT2D eigenvalue weighted by Gasteiger charge is 2.46. The molecule has 0 heterocycles. The Labute approximate surface area is 228 Å². The van der Waals surface area contributed by atoms with Gasteiger partial charge in [-0.3, -0.25) is 0 Å². The van der Waals surface area contributed by atoms with E-state index in [0.29, 0.717) is 0 Å². The molecule has 180 valence electrons. The molecule has 1 unspecified atom stereocenters. The fraction of sp³-hybridized carbons (Fsp3) is 0.0270. The monoisotopic (exact) mass is 504 g/mol. The molecular formula is C37H25Cl. The zero-order chi connectivity index (χ0) is 25.5. The van der Waals surface area contributed by atoms with E-state index < -0.39 is 5.41 Å². The maximum atomic E-state index is 6.42. The zero-order valence-corrected chi connectivity index (χ0v) is 21.6. The molecule has 0 bridgehead atoms. The third-order valence-electron chi connectivity index (χ3n) is 7.83. The summed E-state index contributed by atoms with van der Waals surface area (Å²) in [6, 6.07) is 54.5. The van der Waals surface area contributed by atoms with E-state index >= 15 is 0 Å². The minimum absolute atomic E-state index is 0.480. The normalized spacial score (nSPS) is 15.6. The van der Waals surface area contributed by atoms with Gasteiger partial charge >= 0.3 is 0 Å². The van der Waals surface area contributed by atoms with Crippen LogP contribution in [0.15, 0.2) is 152 Å². The van der Waals surface area contributed by atoms with Crippen molar-refractivity contribution in [1.82, 2.24) is 0 Å². The van der Waals surface area contributed by atoms with Crippen molar-refractivity contribution in [3.05, 3.63) is 179 Å². The van der Waals surface area contributed by atoms with Crippen molar-refractivity contribution >= 4 is 11.6 Å². The molecule has 0 amide bonds. The Hall–Kier alpha value is -4.39. The quantitative estimate of drug-likeness (QED) is 0.223. The summed E-state index contributed by atoms with van der Waals surface area (Å²) in [7, 11) is 0. The van der Waals surface area contributed by atoms with Crippen LogP contribution in [-0.4, -0.2) is 0 Å². The van der Waals surface area contributed by atoms with Gasteiger partial charge in [-0.1, -0.05) is 145 Å². The molecule has 0 N–H and O–H groups in total. The van der Waals surface area contributed by atoms with Crippen LogP contribution in [0.1, 0.15) is 22.3 Å². The van der Waals surface area contributed by atoms with E-state index in [2.05, 4.69) is 140 Å². The van der Waals surface area contributed by atoms with Crippen LogP contribution >= 0.6 is 11.6 Å². The lowest BCUT2D eigenvalue weighted by Gasteiger charge is -2.34. The van der Waals surface area contributed by atoms with E-state index in [1.807, 2.05) is 12.1 Å². The highest BCUT2D eigenvalue weighted by atomic mass is 35.5. The molecule has 1 aliphatic carbocycles. The number of hydrogen-bond acceptors (Lipinski definition) is 0. The molecule has 0 saturated heterocycles. The standard InChI is InChI=1S/C37H25Cl/c38-31-23-21-29(22-24-31)37(30-16-9-15-28(25-30)26-11-3-1-4-12-26)34-19-8-7-17-33(34)36-32(18-10-20-35(36)37)27-13-5-2-6-14-27/h1-25H. The number of fused-ring (bicyclic) bond motifs is 3. The van der Waals surface area contributed by atoms with Gasteiger partial charge in [-0.05, 0) is 73.8 Å². The smallest absolute Gasteiger partial charge is 0.0714 e. The molecule has 0 aliphatic heterocycles. The molecule has 38 heavy (non-hydrogen) atoms. The molecule has 6 aromatic carbocycles. The topological polar surface area (TPSA) is 0 Å². The lowest BCUT2D eigenvalue weighted by molar-refractivity contribution is 0.769. The molecule has 1 heteroatoms. The SMILES string of the molecule is Clc1ccc(C2(c3cccc(-c4ccccc4)c3)c3ccccc3-c3c(-c4ccccc4)cccc32)cc1. The van der Waals surface area contributed by atoms with Gasteiger partial charge in [0.15, 0.2) is 0 Å². The molecular weight excluding hydrogens is 480 g/mol. The van der Waals surface area contributed by atoms with Gasteiger partial charge in [0, 0.05) is 5.02 Å². The van der Waals surface area contributed by atoms with Gasteiger partial charge in [0.05, 0.1) is 5.41 Å². The number of hydrogen-bond donors (Lipinski definition) is 0. The highest BCUT2D eigenvalue weighted by molar-refractivity contribution is 6.30. The molecule has 1 aliphatic rings. The van der Waals surface area contributed by atoms with Crippen LogP contribution in [0.5, 0.6) is 0 Å². The molecule has 0 radical (unpaired) electrons. The van der Waals surface area contributed by atoms with Gasteiger partial charge in [0.2, 0.25) is 0 Å². The fourth-order valence-electron chi connectivity index (χ4n) is 6.24. The number of benzene rings is 6. The van der Waals surface area contributed by atoms with Crippen molar-refractivity contribution in [2.24, 2.45) is 0 Å². The first-order valence-corrected chi connectivity index (χ1v) is 13.4. The molecule has 0 nitrogen and oxygen atoms in total. The van der Waals surface area contributed by atoms with Crippen LogP contribution in [0.2, 0.25) is 5.02 Å². The minimum Gasteiger partial charge on any atom is -0.0843 e. The summed E-state index contributed by atoms with van der Waals surface area (Å²) in [6.07, 6.45) is 0. The Kier molecular flexibility index (Phi) is 5.50. The first kappa shape index (κ1) is 22.8. The maximum absolute atomic E-state index is 6.42. The van der Waals surface area contributed by atoms with Crippen molar-refractivity contribution < 1.29 is 0 Å². The average Bonchev–Trinajstić information content (AvgIpc) is 3.30. The summed E-state index contributed by atoms with van der Waals surface area (Å²) in [6.45, 7) is 0. The Morgan fingerprint density at radius 3 is 1.74 bits per heavy atom. The van der Waals surface area contributed by atoms with Gasteiger partial charge in [-0.25, -0.2) is 0 Å². The van der Waals surface area contributed by atoms with Gasteiger partial charge in [-0.2, -0.15) is 0 Å². The van der Waals surface area contributed by atoms with E-state index in [0.717, 1.165) is 5.02 Å². The fourth-order valence-corrected chi connectivity index (χ4v) is 6.36. The van der Waals surface area contributed by atoms with Crippen LogP contribution in [0.4, 0.5) is 0 Å². The van der Waals surface area contributed by atoms with Gasteiger partial charge in [0.25, 0.3) is 0 Å². The van der Waals surface area contributed by atoms with E-state index in [-0.39, 0.29) is 0 Å². The van der Waals surface area contributed by atoms with Crippen LogP contribution in [0.3, 0.4) is 0 Å². The van der Waals surface area contributed by atoms with Crippen molar-refractivity contribution in [1.29, 1.82) is 0 Å². The molecule has 6 aromatic rings. The lowest BCUT2D eigenvalue weighted by Crippen LogP contribution is -2.28. The molecule has 0 aromatic heterocycles. The van der Waals surface area contributed by atoms with Crippen LogP contribution in [0.25, 0.3) is 33.4 Å². The summed E-state index contributed by atoms with van der Waals surface area (Å²) >= 11 is 6.42. The second kappa shape index (κ2) is 9.17. The zero-order valence-electron chi connectivity index (χ0n) is 20.8. The lowest BCUT2D eigenvalue weighted by atomic mass is 9.67. The van der Waals surface area contributed by atoms with E-state index in [4.69, 9.17) is 11.6 Å². The van der Waals surface area contributed by atoms with Crippen molar-refractivity contribution in [3.63, 3.8) is 0 Å². The molecule has 1 atom stereocenters. The first-order chi connectivity index (χ1) is 18.8. The van der Waals surface area contributed by atoms with Crippen molar-refractivity contribution in [2.75, 3.05) is 0 Å². The minimum atomic E-state index is -0.480. The van der Waals surface area contributed by atoms with Crippen LogP contribution < -0.4 is 0 Å². The van der Waals surface area contributed by atoms with Crippen molar-refractivity contribution in [3.8, 4) is 33.4 Å².